The minimum atomic E-state index is -4.48. The number of rotatable bonds is 5. The molecule has 0 saturated carbocycles. The third kappa shape index (κ3) is 4.66. The molecule has 1 rings (SSSR count). The van der Waals surface area contributed by atoms with E-state index in [9.17, 15) is 26.4 Å². The summed E-state index contributed by atoms with van der Waals surface area (Å²) < 4.78 is 60.8. The first-order valence-corrected chi connectivity index (χ1v) is 6.98. The van der Waals surface area contributed by atoms with Crippen LogP contribution in [0, 0.1) is 0 Å². The summed E-state index contributed by atoms with van der Waals surface area (Å²) in [6.07, 6.45) is -5.79. The van der Waals surface area contributed by atoms with Gasteiger partial charge in [-0.15, -0.1) is 0 Å². The second-order valence-electron chi connectivity index (χ2n) is 3.71. The Kier molecular flexibility index (Phi) is 5.00. The van der Waals surface area contributed by atoms with Gasteiger partial charge in [0.1, 0.15) is 0 Å². The fourth-order valence-corrected chi connectivity index (χ4v) is 2.63. The third-order valence-corrected chi connectivity index (χ3v) is 3.95. The molecule has 0 unspecified atom stereocenters. The summed E-state index contributed by atoms with van der Waals surface area (Å²) in [6.45, 7) is -0.815. The molecule has 0 radical (unpaired) electrons. The molecule has 5 nitrogen and oxygen atoms in total. The summed E-state index contributed by atoms with van der Waals surface area (Å²) >= 11 is 5.58. The van der Waals surface area contributed by atoms with Gasteiger partial charge in [0, 0.05) is 6.54 Å². The van der Waals surface area contributed by atoms with Crippen molar-refractivity contribution in [3.8, 4) is 0 Å². The van der Waals surface area contributed by atoms with Gasteiger partial charge in [0.25, 0.3) is 0 Å². The van der Waals surface area contributed by atoms with Gasteiger partial charge in [0.2, 0.25) is 10.0 Å². The fraction of sp³-hybridized carbons (Fsp3) is 0.300. The number of carbonyl (C=O) groups is 1. The normalized spacial score (nSPS) is 12.4. The average Bonchev–Trinajstić information content (AvgIpc) is 2.26. The van der Waals surface area contributed by atoms with E-state index in [4.69, 9.17) is 16.7 Å². The van der Waals surface area contributed by atoms with Gasteiger partial charge in [-0.25, -0.2) is 17.9 Å². The molecule has 0 aliphatic rings. The first-order chi connectivity index (χ1) is 9.03. The maximum absolute atomic E-state index is 11.9. The van der Waals surface area contributed by atoms with Crippen molar-refractivity contribution in [2.24, 2.45) is 0 Å². The Labute approximate surface area is 117 Å². The van der Waals surface area contributed by atoms with Crippen LogP contribution in [0.25, 0.3) is 0 Å². The van der Waals surface area contributed by atoms with E-state index in [1.54, 1.807) is 4.72 Å². The van der Waals surface area contributed by atoms with Crippen LogP contribution in [0.4, 0.5) is 13.2 Å². The van der Waals surface area contributed by atoms with Crippen LogP contribution in [-0.4, -0.2) is 32.2 Å². The van der Waals surface area contributed by atoms with Crippen molar-refractivity contribution in [3.05, 3.63) is 28.8 Å². The molecule has 0 amide bonds. The molecule has 2 N–H and O–H groups in total. The minimum Gasteiger partial charge on any atom is -0.478 e. The predicted molar refractivity (Wildman–Crippen MR) is 64.3 cm³/mol. The quantitative estimate of drug-likeness (QED) is 0.867. The van der Waals surface area contributed by atoms with Crippen molar-refractivity contribution in [3.63, 3.8) is 0 Å². The maximum atomic E-state index is 11.9. The van der Waals surface area contributed by atoms with Crippen LogP contribution in [-0.2, 0) is 10.0 Å². The molecule has 0 aromatic heterocycles. The lowest BCUT2D eigenvalue weighted by Gasteiger charge is -2.09. The minimum absolute atomic E-state index is 0.305. The van der Waals surface area contributed by atoms with E-state index in [0.29, 0.717) is 0 Å². The fourth-order valence-electron chi connectivity index (χ4n) is 1.25. The molecule has 0 atom stereocenters. The van der Waals surface area contributed by atoms with Gasteiger partial charge in [0.15, 0.2) is 0 Å². The molecule has 1 aromatic carbocycles. The largest absolute Gasteiger partial charge is 0.478 e. The summed E-state index contributed by atoms with van der Waals surface area (Å²) in [5.74, 6) is -1.34. The summed E-state index contributed by atoms with van der Waals surface area (Å²) in [5.41, 5.74) is -0.305. The van der Waals surface area contributed by atoms with Crippen molar-refractivity contribution < 1.29 is 31.5 Å². The zero-order valence-electron chi connectivity index (χ0n) is 9.74. The number of sulfonamides is 1. The number of carboxylic acids is 1. The lowest BCUT2D eigenvalue weighted by atomic mass is 10.2. The van der Waals surface area contributed by atoms with Crippen LogP contribution in [0.3, 0.4) is 0 Å². The highest BCUT2D eigenvalue weighted by Gasteiger charge is 2.27. The SMILES string of the molecule is O=C(O)c1ccc(S(=O)(=O)NCCC(F)(F)F)cc1Cl. The summed E-state index contributed by atoms with van der Waals surface area (Å²) in [4.78, 5) is 10.3. The van der Waals surface area contributed by atoms with Gasteiger partial charge in [-0.05, 0) is 18.2 Å². The smallest absolute Gasteiger partial charge is 0.390 e. The summed E-state index contributed by atoms with van der Waals surface area (Å²) in [5, 5.41) is 8.39. The van der Waals surface area contributed by atoms with Gasteiger partial charge in [-0.3, -0.25) is 0 Å². The second-order valence-corrected chi connectivity index (χ2v) is 5.88. The molecule has 0 bridgehead atoms. The number of benzene rings is 1. The molecule has 0 heterocycles. The van der Waals surface area contributed by atoms with E-state index < -0.39 is 40.0 Å². The number of hydrogen-bond donors (Lipinski definition) is 2. The molecule has 0 aliphatic carbocycles. The van der Waals surface area contributed by atoms with E-state index in [-0.39, 0.29) is 10.6 Å². The van der Waals surface area contributed by atoms with Crippen LogP contribution < -0.4 is 4.72 Å². The topological polar surface area (TPSA) is 83.5 Å². The highest BCUT2D eigenvalue weighted by atomic mass is 35.5. The van der Waals surface area contributed by atoms with Gasteiger partial charge in [-0.1, -0.05) is 11.6 Å². The van der Waals surface area contributed by atoms with E-state index >= 15 is 0 Å². The van der Waals surface area contributed by atoms with Crippen LogP contribution in [0.5, 0.6) is 0 Å². The van der Waals surface area contributed by atoms with Crippen LogP contribution in [0.1, 0.15) is 16.8 Å². The molecular weight excluding hydrogens is 323 g/mol. The molecule has 0 fully saturated rings. The molecule has 1 aromatic rings. The van der Waals surface area contributed by atoms with Crippen molar-refractivity contribution in [1.29, 1.82) is 0 Å². The average molecular weight is 332 g/mol. The van der Waals surface area contributed by atoms with Crippen molar-refractivity contribution >= 4 is 27.6 Å². The molecule has 10 heteroatoms. The summed E-state index contributed by atoms with van der Waals surface area (Å²) in [7, 11) is -4.18. The first-order valence-electron chi connectivity index (χ1n) is 5.12. The predicted octanol–water partition coefficient (Wildman–Crippen LogP) is 2.27. The van der Waals surface area contributed by atoms with Gasteiger partial charge in [-0.2, -0.15) is 13.2 Å². The number of carboxylic acid groups (broad SMARTS) is 1. The Hall–Kier alpha value is -1.32. The molecule has 0 saturated heterocycles. The van der Waals surface area contributed by atoms with E-state index in [1.165, 1.54) is 0 Å². The number of aromatic carboxylic acids is 1. The number of hydrogen-bond acceptors (Lipinski definition) is 3. The first kappa shape index (κ1) is 16.7. The van der Waals surface area contributed by atoms with Gasteiger partial charge in [0.05, 0.1) is 21.9 Å². The van der Waals surface area contributed by atoms with E-state index in [0.717, 1.165) is 18.2 Å². The zero-order valence-corrected chi connectivity index (χ0v) is 11.3. The van der Waals surface area contributed by atoms with Crippen LogP contribution in [0.2, 0.25) is 5.02 Å². The molecule has 20 heavy (non-hydrogen) atoms. The molecular formula is C10H9ClF3NO4S. The molecule has 0 aliphatic heterocycles. The van der Waals surface area contributed by atoms with Crippen molar-refractivity contribution in [2.75, 3.05) is 6.54 Å². The Morgan fingerprint density at radius 2 is 1.95 bits per heavy atom. The number of alkyl halides is 3. The van der Waals surface area contributed by atoms with Crippen molar-refractivity contribution in [2.45, 2.75) is 17.5 Å². The Bertz CT molecular complexity index is 615. The Morgan fingerprint density at radius 3 is 2.40 bits per heavy atom. The van der Waals surface area contributed by atoms with Crippen LogP contribution in [0.15, 0.2) is 23.1 Å². The standard InChI is InChI=1S/C10H9ClF3NO4S/c11-8-5-6(1-2-7(8)9(16)17)20(18,19)15-4-3-10(12,13)14/h1-2,5,15H,3-4H2,(H,16,17). The highest BCUT2D eigenvalue weighted by Crippen LogP contribution is 2.22. The van der Waals surface area contributed by atoms with Gasteiger partial charge >= 0.3 is 12.1 Å². The summed E-state index contributed by atoms with van der Waals surface area (Å²) in [6, 6.07) is 2.77. The lowest BCUT2D eigenvalue weighted by Crippen LogP contribution is -2.28. The highest BCUT2D eigenvalue weighted by molar-refractivity contribution is 7.89. The third-order valence-electron chi connectivity index (χ3n) is 2.18. The Morgan fingerprint density at radius 1 is 1.35 bits per heavy atom. The number of halogens is 4. The van der Waals surface area contributed by atoms with Crippen molar-refractivity contribution in [1.82, 2.24) is 4.72 Å². The van der Waals surface area contributed by atoms with E-state index in [2.05, 4.69) is 0 Å². The van der Waals surface area contributed by atoms with E-state index in [1.807, 2.05) is 0 Å². The maximum Gasteiger partial charge on any atom is 0.390 e. The molecule has 112 valence electrons. The lowest BCUT2D eigenvalue weighted by molar-refractivity contribution is -0.132. The van der Waals surface area contributed by atoms with Gasteiger partial charge < -0.3 is 5.11 Å². The van der Waals surface area contributed by atoms with Crippen LogP contribution >= 0.6 is 11.6 Å². The Balaban J connectivity index is 2.88. The second kappa shape index (κ2) is 5.98. The molecule has 0 spiro atoms. The number of nitrogens with one attached hydrogen (secondary N) is 1. The monoisotopic (exact) mass is 331 g/mol. The zero-order chi connectivity index (χ0) is 15.6.